The second-order valence-electron chi connectivity index (χ2n) is 8.03. The normalized spacial score (nSPS) is 18.2. The van der Waals surface area contributed by atoms with Crippen LogP contribution in [0.5, 0.6) is 0 Å². The highest BCUT2D eigenvalue weighted by Gasteiger charge is 2.31. The molecule has 1 aliphatic heterocycles. The Morgan fingerprint density at radius 2 is 2.03 bits per heavy atom. The molecule has 2 atom stereocenters. The fraction of sp³-hybridized carbons (Fsp3) is 0.619. The van der Waals surface area contributed by atoms with Gasteiger partial charge in [-0.15, -0.1) is 0 Å². The molecular formula is C21H30ClN3O4. The summed E-state index contributed by atoms with van der Waals surface area (Å²) in [6, 6.07) is 3.02. The van der Waals surface area contributed by atoms with Crippen LogP contribution in [-0.2, 0) is 4.79 Å². The quantitative estimate of drug-likeness (QED) is 0.518. The maximum Gasteiger partial charge on any atom is 0.270 e. The van der Waals surface area contributed by atoms with Crippen LogP contribution < -0.4 is 5.32 Å². The van der Waals surface area contributed by atoms with E-state index in [9.17, 15) is 19.7 Å². The van der Waals surface area contributed by atoms with Crippen LogP contribution in [0.2, 0.25) is 5.02 Å². The summed E-state index contributed by atoms with van der Waals surface area (Å²) in [7, 11) is 0. The molecule has 0 bridgehead atoms. The number of benzene rings is 1. The number of nitro benzene ring substituents is 1. The molecule has 0 spiro atoms. The van der Waals surface area contributed by atoms with E-state index in [1.54, 1.807) is 0 Å². The van der Waals surface area contributed by atoms with Crippen molar-refractivity contribution in [1.82, 2.24) is 10.2 Å². The Kier molecular flexibility index (Phi) is 8.44. The highest BCUT2D eigenvalue weighted by Crippen LogP contribution is 2.24. The molecule has 160 valence electrons. The molecule has 0 aromatic heterocycles. The highest BCUT2D eigenvalue weighted by atomic mass is 35.5. The molecule has 2 unspecified atom stereocenters. The van der Waals surface area contributed by atoms with Gasteiger partial charge in [-0.2, -0.15) is 0 Å². The van der Waals surface area contributed by atoms with E-state index in [0.29, 0.717) is 19.0 Å². The van der Waals surface area contributed by atoms with E-state index in [-0.39, 0.29) is 28.1 Å². The number of non-ortho nitro benzene ring substituents is 1. The largest absolute Gasteiger partial charge is 0.341 e. The zero-order valence-corrected chi connectivity index (χ0v) is 18.1. The highest BCUT2D eigenvalue weighted by molar-refractivity contribution is 6.34. The van der Waals surface area contributed by atoms with Gasteiger partial charge in [0.2, 0.25) is 5.91 Å². The van der Waals surface area contributed by atoms with Crippen LogP contribution in [0.25, 0.3) is 0 Å². The van der Waals surface area contributed by atoms with Crippen LogP contribution in [0.4, 0.5) is 5.69 Å². The Labute approximate surface area is 176 Å². The maximum atomic E-state index is 13.1. The van der Waals surface area contributed by atoms with E-state index in [4.69, 9.17) is 11.6 Å². The number of nitrogens with one attached hydrogen (secondary N) is 1. The predicted molar refractivity (Wildman–Crippen MR) is 113 cm³/mol. The topological polar surface area (TPSA) is 92.6 Å². The monoisotopic (exact) mass is 423 g/mol. The van der Waals surface area contributed by atoms with E-state index in [1.807, 2.05) is 18.7 Å². The van der Waals surface area contributed by atoms with Crippen molar-refractivity contribution in [2.24, 2.45) is 11.8 Å². The number of hydrogen-bond acceptors (Lipinski definition) is 4. The summed E-state index contributed by atoms with van der Waals surface area (Å²) in [5, 5.41) is 13.6. The van der Waals surface area contributed by atoms with Gasteiger partial charge in [0.15, 0.2) is 0 Å². The summed E-state index contributed by atoms with van der Waals surface area (Å²) in [5.41, 5.74) is -0.0659. The standard InChI is InChI=1S/C21H30ClN3O4/c1-4-6-15-7-5-11-24(12-10-15)21(27)19(14(2)3)23-20(26)17-9-8-16(25(28)29)13-18(17)22/h8-9,13-15,19H,4-7,10-12H2,1-3H3,(H,23,26). The van der Waals surface area contributed by atoms with Crippen molar-refractivity contribution in [3.8, 4) is 0 Å². The summed E-state index contributed by atoms with van der Waals surface area (Å²) < 4.78 is 0. The lowest BCUT2D eigenvalue weighted by Gasteiger charge is -2.29. The summed E-state index contributed by atoms with van der Waals surface area (Å²) in [6.45, 7) is 7.37. The summed E-state index contributed by atoms with van der Waals surface area (Å²) in [4.78, 5) is 38.0. The number of likely N-dealkylation sites (tertiary alicyclic amines) is 1. The van der Waals surface area contributed by atoms with Crippen LogP contribution in [0.15, 0.2) is 18.2 Å². The van der Waals surface area contributed by atoms with Gasteiger partial charge < -0.3 is 10.2 Å². The molecule has 0 radical (unpaired) electrons. The molecule has 1 N–H and O–H groups in total. The van der Waals surface area contributed by atoms with Crippen molar-refractivity contribution in [3.05, 3.63) is 38.9 Å². The molecule has 1 fully saturated rings. The predicted octanol–water partition coefficient (Wildman–Crippen LogP) is 4.43. The summed E-state index contributed by atoms with van der Waals surface area (Å²) >= 11 is 6.07. The Hall–Kier alpha value is -2.15. The molecule has 2 rings (SSSR count). The number of nitro groups is 1. The lowest BCUT2D eigenvalue weighted by Crippen LogP contribution is -2.51. The lowest BCUT2D eigenvalue weighted by atomic mass is 9.96. The second-order valence-corrected chi connectivity index (χ2v) is 8.43. The van der Waals surface area contributed by atoms with Crippen LogP contribution in [0.1, 0.15) is 63.2 Å². The third-order valence-corrected chi connectivity index (χ3v) is 5.80. The number of nitrogens with zero attached hydrogens (tertiary/aromatic N) is 2. The zero-order valence-electron chi connectivity index (χ0n) is 17.3. The molecule has 8 heteroatoms. The van der Waals surface area contributed by atoms with Gasteiger partial charge >= 0.3 is 0 Å². The van der Waals surface area contributed by atoms with Crippen molar-refractivity contribution < 1.29 is 14.5 Å². The minimum Gasteiger partial charge on any atom is -0.341 e. The fourth-order valence-electron chi connectivity index (χ4n) is 3.81. The molecular weight excluding hydrogens is 394 g/mol. The smallest absolute Gasteiger partial charge is 0.270 e. The molecule has 1 aliphatic rings. The third-order valence-electron chi connectivity index (χ3n) is 5.48. The Bertz CT molecular complexity index is 753. The molecule has 29 heavy (non-hydrogen) atoms. The van der Waals surface area contributed by atoms with Crippen LogP contribution in [0, 0.1) is 22.0 Å². The molecule has 1 aromatic carbocycles. The maximum absolute atomic E-state index is 13.1. The first kappa shape index (κ1) is 23.1. The Balaban J connectivity index is 2.10. The van der Waals surface area contributed by atoms with E-state index in [2.05, 4.69) is 12.2 Å². The van der Waals surface area contributed by atoms with Gasteiger partial charge in [0, 0.05) is 25.2 Å². The van der Waals surface area contributed by atoms with Crippen molar-refractivity contribution in [2.75, 3.05) is 13.1 Å². The summed E-state index contributed by atoms with van der Waals surface area (Å²) in [6.07, 6.45) is 5.44. The van der Waals surface area contributed by atoms with Gasteiger partial charge in [0.05, 0.1) is 15.5 Å². The van der Waals surface area contributed by atoms with Gasteiger partial charge in [-0.3, -0.25) is 19.7 Å². The number of hydrogen-bond donors (Lipinski definition) is 1. The molecule has 0 saturated carbocycles. The number of rotatable bonds is 7. The number of carbonyl (C=O) groups is 2. The van der Waals surface area contributed by atoms with Crippen LogP contribution >= 0.6 is 11.6 Å². The third kappa shape index (κ3) is 6.16. The first-order chi connectivity index (χ1) is 13.7. The van der Waals surface area contributed by atoms with E-state index >= 15 is 0 Å². The molecule has 7 nitrogen and oxygen atoms in total. The Morgan fingerprint density at radius 3 is 2.62 bits per heavy atom. The first-order valence-corrected chi connectivity index (χ1v) is 10.7. The van der Waals surface area contributed by atoms with E-state index in [1.165, 1.54) is 18.6 Å². The molecule has 1 heterocycles. The average Bonchev–Trinajstić information content (AvgIpc) is 2.91. The fourth-order valence-corrected chi connectivity index (χ4v) is 4.07. The van der Waals surface area contributed by atoms with Gasteiger partial charge in [-0.05, 0) is 37.2 Å². The Morgan fingerprint density at radius 1 is 1.31 bits per heavy atom. The number of carbonyl (C=O) groups excluding carboxylic acids is 2. The van der Waals surface area contributed by atoms with E-state index < -0.39 is 16.9 Å². The molecule has 1 saturated heterocycles. The average molecular weight is 424 g/mol. The number of amides is 2. The van der Waals surface area contributed by atoms with Crippen molar-refractivity contribution >= 4 is 29.1 Å². The first-order valence-electron chi connectivity index (χ1n) is 10.3. The minimum atomic E-state index is -0.670. The van der Waals surface area contributed by atoms with Gasteiger partial charge in [-0.25, -0.2) is 0 Å². The number of halogens is 1. The molecule has 1 aromatic rings. The summed E-state index contributed by atoms with van der Waals surface area (Å²) in [5.74, 6) is -0.0269. The zero-order chi connectivity index (χ0) is 21.6. The van der Waals surface area contributed by atoms with Crippen molar-refractivity contribution in [2.45, 2.75) is 58.9 Å². The van der Waals surface area contributed by atoms with Crippen LogP contribution in [0.3, 0.4) is 0 Å². The van der Waals surface area contributed by atoms with Gasteiger partial charge in [0.1, 0.15) is 6.04 Å². The molecule has 2 amide bonds. The second kappa shape index (κ2) is 10.6. The minimum absolute atomic E-state index is 0.0103. The van der Waals surface area contributed by atoms with Gasteiger partial charge in [0.25, 0.3) is 11.6 Å². The van der Waals surface area contributed by atoms with E-state index in [0.717, 1.165) is 31.7 Å². The van der Waals surface area contributed by atoms with Gasteiger partial charge in [-0.1, -0.05) is 45.2 Å². The SMILES string of the molecule is CCCC1CCCN(C(=O)C(NC(=O)c2ccc([N+](=O)[O-])cc2Cl)C(C)C)CC1. The van der Waals surface area contributed by atoms with Crippen molar-refractivity contribution in [1.29, 1.82) is 0 Å². The van der Waals surface area contributed by atoms with Crippen LogP contribution in [-0.4, -0.2) is 40.8 Å². The molecule has 0 aliphatic carbocycles. The lowest BCUT2D eigenvalue weighted by molar-refractivity contribution is -0.384. The van der Waals surface area contributed by atoms with Crippen molar-refractivity contribution in [3.63, 3.8) is 0 Å².